The number of unbranched alkanes of at least 4 members (excludes halogenated alkanes) is 2. The van der Waals surface area contributed by atoms with Gasteiger partial charge in [-0.05, 0) is 26.3 Å². The number of carbonyl (C=O) groups is 1. The molecule has 0 heterocycles. The van der Waals surface area contributed by atoms with Crippen molar-refractivity contribution < 1.29 is 14.6 Å². The minimum atomic E-state index is -0.707. The van der Waals surface area contributed by atoms with E-state index in [-0.39, 0.29) is 6.42 Å². The number of ether oxygens (including phenoxy) is 1. The normalized spacial score (nSPS) is 10.3. The average Bonchev–Trinajstić information content (AvgIpc) is 2.20. The molecular formula is C12H23NO3. The number of carboxylic acids is 1. The van der Waals surface area contributed by atoms with Crippen LogP contribution in [0.3, 0.4) is 0 Å². The molecule has 4 nitrogen and oxygen atoms in total. The average molecular weight is 229 g/mol. The van der Waals surface area contributed by atoms with Gasteiger partial charge in [0.2, 0.25) is 0 Å². The molecular weight excluding hydrogens is 206 g/mol. The molecule has 16 heavy (non-hydrogen) atoms. The van der Waals surface area contributed by atoms with Gasteiger partial charge < -0.3 is 15.2 Å². The Balaban J connectivity index is 2.98. The van der Waals surface area contributed by atoms with Crippen molar-refractivity contribution >= 4 is 5.97 Å². The van der Waals surface area contributed by atoms with Crippen LogP contribution >= 0.6 is 0 Å². The van der Waals surface area contributed by atoms with E-state index in [4.69, 9.17) is 9.84 Å². The third kappa shape index (κ3) is 13.1. The molecule has 0 aliphatic heterocycles. The van der Waals surface area contributed by atoms with Crippen LogP contribution in [0.4, 0.5) is 0 Å². The van der Waals surface area contributed by atoms with Crippen LogP contribution < -0.4 is 5.32 Å². The Bertz CT molecular complexity index is 182. The van der Waals surface area contributed by atoms with E-state index in [1.807, 2.05) is 6.92 Å². The molecule has 4 heteroatoms. The number of hydrogen-bond donors (Lipinski definition) is 2. The van der Waals surface area contributed by atoms with Gasteiger partial charge in [-0.25, -0.2) is 0 Å². The van der Waals surface area contributed by atoms with Gasteiger partial charge in [-0.1, -0.05) is 18.6 Å². The molecule has 0 atom stereocenters. The maximum Gasteiger partial charge on any atom is 0.303 e. The molecule has 0 saturated carbocycles. The molecule has 0 aromatic carbocycles. The zero-order valence-electron chi connectivity index (χ0n) is 10.1. The number of nitrogens with one attached hydrogen (secondary N) is 1. The molecule has 0 aromatic heterocycles. The monoisotopic (exact) mass is 229 g/mol. The summed E-state index contributed by atoms with van der Waals surface area (Å²) in [7, 11) is 0. The quantitative estimate of drug-likeness (QED) is 0.419. The lowest BCUT2D eigenvalue weighted by atomic mass is 10.2. The Hall–Kier alpha value is -0.870. The molecule has 2 N–H and O–H groups in total. The first-order valence-electron chi connectivity index (χ1n) is 5.77. The third-order valence-corrected chi connectivity index (χ3v) is 2.02. The molecule has 0 fully saturated rings. The van der Waals surface area contributed by atoms with Gasteiger partial charge in [-0.3, -0.25) is 4.79 Å². The first-order valence-corrected chi connectivity index (χ1v) is 5.77. The molecule has 0 unspecified atom stereocenters. The van der Waals surface area contributed by atoms with Gasteiger partial charge in [-0.2, -0.15) is 0 Å². The predicted octanol–water partition coefficient (Wildman–Crippen LogP) is 1.81. The van der Waals surface area contributed by atoms with E-state index in [1.54, 1.807) is 0 Å². The van der Waals surface area contributed by atoms with Gasteiger partial charge in [0.1, 0.15) is 0 Å². The van der Waals surface area contributed by atoms with Crippen molar-refractivity contribution in [2.75, 3.05) is 26.3 Å². The molecule has 94 valence electrons. The summed E-state index contributed by atoms with van der Waals surface area (Å²) in [5, 5.41) is 11.7. The van der Waals surface area contributed by atoms with Crippen molar-refractivity contribution in [3.05, 3.63) is 12.2 Å². The Labute approximate surface area is 97.7 Å². The van der Waals surface area contributed by atoms with Gasteiger partial charge >= 0.3 is 5.97 Å². The summed E-state index contributed by atoms with van der Waals surface area (Å²) in [6.45, 7) is 8.77. The fraction of sp³-hybridized carbons (Fsp3) is 0.750. The minimum absolute atomic E-state index is 0.279. The number of carboxylic acid groups (broad SMARTS) is 1. The zero-order valence-corrected chi connectivity index (χ0v) is 10.1. The first-order chi connectivity index (χ1) is 7.63. The second-order valence-corrected chi connectivity index (χ2v) is 3.96. The second kappa shape index (κ2) is 10.6. The molecule has 0 aliphatic carbocycles. The zero-order chi connectivity index (χ0) is 12.2. The lowest BCUT2D eigenvalue weighted by molar-refractivity contribution is -0.137. The summed E-state index contributed by atoms with van der Waals surface area (Å²) in [5.41, 5.74) is 1.04. The maximum absolute atomic E-state index is 10.2. The number of hydrogen-bond acceptors (Lipinski definition) is 3. The Morgan fingerprint density at radius 1 is 1.31 bits per heavy atom. The van der Waals surface area contributed by atoms with Crippen LogP contribution in [0.2, 0.25) is 0 Å². The SMILES string of the molecule is C=C(C)COCCNCCCCCC(=O)O. The van der Waals surface area contributed by atoms with Crippen molar-refractivity contribution in [3.63, 3.8) is 0 Å². The van der Waals surface area contributed by atoms with Gasteiger partial charge in [-0.15, -0.1) is 0 Å². The molecule has 0 aromatic rings. The van der Waals surface area contributed by atoms with Crippen LogP contribution in [-0.2, 0) is 9.53 Å². The lowest BCUT2D eigenvalue weighted by Crippen LogP contribution is -2.21. The van der Waals surface area contributed by atoms with E-state index < -0.39 is 5.97 Å². The largest absolute Gasteiger partial charge is 0.481 e. The maximum atomic E-state index is 10.2. The van der Waals surface area contributed by atoms with E-state index >= 15 is 0 Å². The summed E-state index contributed by atoms with van der Waals surface area (Å²) in [5.74, 6) is -0.707. The topological polar surface area (TPSA) is 58.6 Å². The third-order valence-electron chi connectivity index (χ3n) is 2.02. The summed E-state index contributed by atoms with van der Waals surface area (Å²) in [6.07, 6.45) is 3.03. The van der Waals surface area contributed by atoms with Gasteiger partial charge in [0.15, 0.2) is 0 Å². The van der Waals surface area contributed by atoms with Crippen molar-refractivity contribution in [1.29, 1.82) is 0 Å². The van der Waals surface area contributed by atoms with Crippen LogP contribution in [0.1, 0.15) is 32.6 Å². The Morgan fingerprint density at radius 3 is 2.69 bits per heavy atom. The van der Waals surface area contributed by atoms with Crippen molar-refractivity contribution in [3.8, 4) is 0 Å². The standard InChI is InChI=1S/C12H23NO3/c1-11(2)10-16-9-8-13-7-5-3-4-6-12(14)15/h13H,1,3-10H2,2H3,(H,14,15). The highest BCUT2D eigenvalue weighted by molar-refractivity contribution is 5.66. The van der Waals surface area contributed by atoms with Crippen LogP contribution in [-0.4, -0.2) is 37.4 Å². The van der Waals surface area contributed by atoms with Crippen LogP contribution in [0.5, 0.6) is 0 Å². The molecule has 0 bridgehead atoms. The van der Waals surface area contributed by atoms with Crippen LogP contribution in [0.25, 0.3) is 0 Å². The smallest absolute Gasteiger partial charge is 0.303 e. The number of aliphatic carboxylic acids is 1. The fourth-order valence-electron chi connectivity index (χ4n) is 1.22. The van der Waals surface area contributed by atoms with E-state index in [2.05, 4.69) is 11.9 Å². The van der Waals surface area contributed by atoms with E-state index in [0.717, 1.165) is 37.9 Å². The van der Waals surface area contributed by atoms with Gasteiger partial charge in [0.05, 0.1) is 13.2 Å². The Kier molecular flexibility index (Phi) is 10.1. The summed E-state index contributed by atoms with van der Waals surface area (Å²) in [6, 6.07) is 0. The molecule has 0 aliphatic rings. The fourth-order valence-corrected chi connectivity index (χ4v) is 1.22. The summed E-state index contributed by atoms with van der Waals surface area (Å²) < 4.78 is 5.31. The molecule has 0 rings (SSSR count). The number of rotatable bonds is 11. The Morgan fingerprint density at radius 2 is 2.06 bits per heavy atom. The lowest BCUT2D eigenvalue weighted by Gasteiger charge is -2.05. The molecule has 0 spiro atoms. The van der Waals surface area contributed by atoms with E-state index in [0.29, 0.717) is 13.2 Å². The highest BCUT2D eigenvalue weighted by Gasteiger charge is 1.96. The highest BCUT2D eigenvalue weighted by atomic mass is 16.5. The van der Waals surface area contributed by atoms with Crippen LogP contribution in [0.15, 0.2) is 12.2 Å². The second-order valence-electron chi connectivity index (χ2n) is 3.96. The first kappa shape index (κ1) is 15.1. The van der Waals surface area contributed by atoms with Crippen LogP contribution in [0, 0.1) is 0 Å². The summed E-state index contributed by atoms with van der Waals surface area (Å²) >= 11 is 0. The molecule has 0 radical (unpaired) electrons. The van der Waals surface area contributed by atoms with E-state index in [9.17, 15) is 4.79 Å². The van der Waals surface area contributed by atoms with Crippen molar-refractivity contribution in [1.82, 2.24) is 5.32 Å². The van der Waals surface area contributed by atoms with Gasteiger partial charge in [0.25, 0.3) is 0 Å². The van der Waals surface area contributed by atoms with Gasteiger partial charge in [0, 0.05) is 13.0 Å². The minimum Gasteiger partial charge on any atom is -0.481 e. The van der Waals surface area contributed by atoms with E-state index in [1.165, 1.54) is 0 Å². The highest BCUT2D eigenvalue weighted by Crippen LogP contribution is 1.98. The van der Waals surface area contributed by atoms with Crippen molar-refractivity contribution in [2.24, 2.45) is 0 Å². The predicted molar refractivity (Wildman–Crippen MR) is 64.6 cm³/mol. The summed E-state index contributed by atoms with van der Waals surface area (Å²) in [4.78, 5) is 10.2. The molecule has 0 saturated heterocycles. The molecule has 0 amide bonds. The van der Waals surface area contributed by atoms with Crippen molar-refractivity contribution in [2.45, 2.75) is 32.6 Å².